The van der Waals surface area contributed by atoms with Gasteiger partial charge in [-0.05, 0) is 63.1 Å². The average molecular weight is 487 g/mol. The van der Waals surface area contributed by atoms with Crippen LogP contribution in [0, 0.1) is 0 Å². The van der Waals surface area contributed by atoms with E-state index in [4.69, 9.17) is 18.0 Å². The molecule has 2 aromatic rings. The number of esters is 1. The standard InChI is InChI=1S/C26H34O7Si/c1-5-31-34(32-6-2,33-7-3)20-8-19-30-24-16-14-23(15-17-24)26(28)22-12-9-21(10-13-22)11-18-25(27)29-4/h9-18H,5-8,19-20H2,1-4H3/b18-11+. The lowest BCUT2D eigenvalue weighted by Crippen LogP contribution is -2.46. The first kappa shape index (κ1) is 27.5. The third-order valence-corrected chi connectivity index (χ3v) is 8.04. The molecule has 7 nitrogen and oxygen atoms in total. The van der Waals surface area contributed by atoms with Crippen LogP contribution in [0.25, 0.3) is 6.08 Å². The van der Waals surface area contributed by atoms with Crippen molar-refractivity contribution >= 4 is 26.6 Å². The fourth-order valence-electron chi connectivity index (χ4n) is 3.33. The van der Waals surface area contributed by atoms with E-state index in [0.29, 0.717) is 49.3 Å². The Bertz CT molecular complexity index is 906. The largest absolute Gasteiger partial charge is 0.501 e. The van der Waals surface area contributed by atoms with Gasteiger partial charge in [-0.25, -0.2) is 4.79 Å². The van der Waals surface area contributed by atoms with E-state index in [9.17, 15) is 9.59 Å². The molecule has 0 aliphatic heterocycles. The quantitative estimate of drug-likeness (QED) is 0.116. The van der Waals surface area contributed by atoms with Crippen molar-refractivity contribution in [3.8, 4) is 5.75 Å². The van der Waals surface area contributed by atoms with Crippen molar-refractivity contribution in [2.45, 2.75) is 33.2 Å². The minimum Gasteiger partial charge on any atom is -0.494 e. The molecule has 0 spiro atoms. The maximum atomic E-state index is 12.8. The Kier molecular flexibility index (Phi) is 11.7. The molecule has 0 heterocycles. The highest BCUT2D eigenvalue weighted by molar-refractivity contribution is 6.60. The molecule has 0 aliphatic rings. The molecule has 0 unspecified atom stereocenters. The number of methoxy groups -OCH3 is 1. The first-order valence-corrected chi connectivity index (χ1v) is 13.5. The molecular weight excluding hydrogens is 452 g/mol. The first-order chi connectivity index (χ1) is 16.5. The van der Waals surface area contributed by atoms with Crippen LogP contribution in [0.4, 0.5) is 0 Å². The van der Waals surface area contributed by atoms with Crippen LogP contribution in [-0.4, -0.2) is 54.1 Å². The van der Waals surface area contributed by atoms with Gasteiger partial charge in [0.25, 0.3) is 0 Å². The summed E-state index contributed by atoms with van der Waals surface area (Å²) in [6, 6.07) is 14.8. The predicted octanol–water partition coefficient (Wildman–Crippen LogP) is 4.92. The van der Waals surface area contributed by atoms with Gasteiger partial charge in [-0.3, -0.25) is 4.79 Å². The van der Waals surface area contributed by atoms with Crippen LogP contribution in [0.3, 0.4) is 0 Å². The molecule has 184 valence electrons. The maximum Gasteiger partial charge on any atom is 0.501 e. The lowest BCUT2D eigenvalue weighted by molar-refractivity contribution is -0.134. The summed E-state index contributed by atoms with van der Waals surface area (Å²) < 4.78 is 28.0. The molecule has 0 saturated heterocycles. The van der Waals surface area contributed by atoms with Crippen molar-refractivity contribution in [1.29, 1.82) is 0 Å². The number of benzene rings is 2. The Labute approximate surface area is 203 Å². The Morgan fingerprint density at radius 1 is 0.824 bits per heavy atom. The highest BCUT2D eigenvalue weighted by Crippen LogP contribution is 2.20. The second-order valence-electron chi connectivity index (χ2n) is 7.27. The van der Waals surface area contributed by atoms with Crippen molar-refractivity contribution < 1.29 is 32.3 Å². The Morgan fingerprint density at radius 3 is 1.85 bits per heavy atom. The number of ether oxygens (including phenoxy) is 2. The van der Waals surface area contributed by atoms with E-state index in [1.165, 1.54) is 13.2 Å². The summed E-state index contributed by atoms with van der Waals surface area (Å²) in [5.74, 6) is 0.175. The maximum absolute atomic E-state index is 12.8. The molecule has 0 N–H and O–H groups in total. The van der Waals surface area contributed by atoms with Gasteiger partial charge in [-0.15, -0.1) is 0 Å². The lowest BCUT2D eigenvalue weighted by Gasteiger charge is -2.28. The second-order valence-corrected chi connectivity index (χ2v) is 10.00. The topological polar surface area (TPSA) is 80.3 Å². The molecule has 0 aromatic heterocycles. The van der Waals surface area contributed by atoms with Crippen molar-refractivity contribution in [3.05, 3.63) is 71.3 Å². The van der Waals surface area contributed by atoms with Gasteiger partial charge in [-0.1, -0.05) is 24.3 Å². The number of ketones is 1. The van der Waals surface area contributed by atoms with Crippen molar-refractivity contribution in [3.63, 3.8) is 0 Å². The Hall–Kier alpha value is -2.78. The van der Waals surface area contributed by atoms with Gasteiger partial charge in [-0.2, -0.15) is 0 Å². The number of hydrogen-bond acceptors (Lipinski definition) is 7. The van der Waals surface area contributed by atoms with Gasteiger partial charge in [0.15, 0.2) is 5.78 Å². The molecule has 0 bridgehead atoms. The third-order valence-electron chi connectivity index (χ3n) is 4.89. The van der Waals surface area contributed by atoms with E-state index in [2.05, 4.69) is 4.74 Å². The number of carbonyl (C=O) groups excluding carboxylic acids is 2. The SMILES string of the molecule is CCO[Si](CCCOc1ccc(C(=O)c2ccc(/C=C/C(=O)OC)cc2)cc1)(OCC)OCC. The Morgan fingerprint density at radius 2 is 1.35 bits per heavy atom. The van der Waals surface area contributed by atoms with Gasteiger partial charge in [0, 0.05) is 43.1 Å². The smallest absolute Gasteiger partial charge is 0.494 e. The van der Waals surface area contributed by atoms with Gasteiger partial charge in [0.2, 0.25) is 0 Å². The summed E-state index contributed by atoms with van der Waals surface area (Å²) in [5.41, 5.74) is 1.93. The van der Waals surface area contributed by atoms with Crippen LogP contribution >= 0.6 is 0 Å². The summed E-state index contributed by atoms with van der Waals surface area (Å²) in [4.78, 5) is 24.0. The summed E-state index contributed by atoms with van der Waals surface area (Å²) >= 11 is 0. The van der Waals surface area contributed by atoms with E-state index >= 15 is 0 Å². The van der Waals surface area contributed by atoms with Crippen LogP contribution in [0.2, 0.25) is 6.04 Å². The molecule has 8 heteroatoms. The zero-order chi connectivity index (χ0) is 24.8. The van der Waals surface area contributed by atoms with E-state index in [-0.39, 0.29) is 5.78 Å². The number of rotatable bonds is 15. The fraction of sp³-hybridized carbons (Fsp3) is 0.385. The molecular formula is C26H34O7Si. The highest BCUT2D eigenvalue weighted by atomic mass is 28.4. The lowest BCUT2D eigenvalue weighted by atomic mass is 10.0. The molecule has 0 amide bonds. The number of carbonyl (C=O) groups is 2. The number of hydrogen-bond donors (Lipinski definition) is 0. The van der Waals surface area contributed by atoms with Crippen LogP contribution in [0.1, 0.15) is 48.7 Å². The zero-order valence-electron chi connectivity index (χ0n) is 20.4. The summed E-state index contributed by atoms with van der Waals surface area (Å²) in [7, 11) is -1.34. The van der Waals surface area contributed by atoms with E-state index < -0.39 is 14.8 Å². The first-order valence-electron chi connectivity index (χ1n) is 11.5. The normalized spacial score (nSPS) is 11.5. The zero-order valence-corrected chi connectivity index (χ0v) is 21.4. The molecule has 2 aromatic carbocycles. The minimum absolute atomic E-state index is 0.0871. The van der Waals surface area contributed by atoms with Gasteiger partial charge in [0.05, 0.1) is 13.7 Å². The monoisotopic (exact) mass is 486 g/mol. The van der Waals surface area contributed by atoms with E-state index in [1.54, 1.807) is 54.6 Å². The molecule has 2 rings (SSSR count). The molecule has 0 atom stereocenters. The summed E-state index contributed by atoms with van der Waals surface area (Å²) in [6.45, 7) is 7.97. The molecule has 0 saturated carbocycles. The fourth-order valence-corrected chi connectivity index (χ4v) is 5.91. The van der Waals surface area contributed by atoms with Crippen LogP contribution in [-0.2, 0) is 22.8 Å². The third kappa shape index (κ3) is 8.53. The molecule has 0 radical (unpaired) electrons. The Balaban J connectivity index is 1.90. The molecule has 34 heavy (non-hydrogen) atoms. The summed E-state index contributed by atoms with van der Waals surface area (Å²) in [5, 5.41) is 0. The predicted molar refractivity (Wildman–Crippen MR) is 133 cm³/mol. The van der Waals surface area contributed by atoms with Gasteiger partial charge in [0.1, 0.15) is 5.75 Å². The van der Waals surface area contributed by atoms with Gasteiger partial charge >= 0.3 is 14.8 Å². The van der Waals surface area contributed by atoms with E-state index in [0.717, 1.165) is 12.0 Å². The average Bonchev–Trinajstić information content (AvgIpc) is 2.86. The second kappa shape index (κ2) is 14.5. The minimum atomic E-state index is -2.66. The van der Waals surface area contributed by atoms with Crippen molar-refractivity contribution in [2.75, 3.05) is 33.5 Å². The molecule has 0 aliphatic carbocycles. The van der Waals surface area contributed by atoms with Crippen LogP contribution in [0.15, 0.2) is 54.6 Å². The molecule has 0 fully saturated rings. The van der Waals surface area contributed by atoms with Crippen LogP contribution < -0.4 is 4.74 Å². The van der Waals surface area contributed by atoms with Crippen LogP contribution in [0.5, 0.6) is 5.75 Å². The highest BCUT2D eigenvalue weighted by Gasteiger charge is 2.39. The van der Waals surface area contributed by atoms with Crippen molar-refractivity contribution in [2.24, 2.45) is 0 Å². The summed E-state index contributed by atoms with van der Waals surface area (Å²) in [6.07, 6.45) is 3.71. The van der Waals surface area contributed by atoms with Crippen molar-refractivity contribution in [1.82, 2.24) is 0 Å². The van der Waals surface area contributed by atoms with E-state index in [1.807, 2.05) is 20.8 Å². The van der Waals surface area contributed by atoms with Gasteiger partial charge < -0.3 is 22.8 Å².